The monoisotopic (exact) mass is 217 g/mol. The van der Waals surface area contributed by atoms with Gasteiger partial charge in [-0.15, -0.1) is 0 Å². The first-order chi connectivity index (χ1) is 7.93. The van der Waals surface area contributed by atoms with Crippen LogP contribution in [0.4, 0.5) is 0 Å². The van der Waals surface area contributed by atoms with Gasteiger partial charge in [0.2, 0.25) is 0 Å². The van der Waals surface area contributed by atoms with Crippen LogP contribution in [0.5, 0.6) is 0 Å². The van der Waals surface area contributed by atoms with Crippen LogP contribution in [-0.2, 0) is 11.3 Å². The lowest BCUT2D eigenvalue weighted by molar-refractivity contribution is 0.190. The van der Waals surface area contributed by atoms with Gasteiger partial charge in [-0.3, -0.25) is 0 Å². The van der Waals surface area contributed by atoms with Crippen molar-refractivity contribution >= 4 is 0 Å². The predicted molar refractivity (Wildman–Crippen MR) is 64.5 cm³/mol. The number of rotatable bonds is 4. The number of hydrogen-bond donors (Lipinski definition) is 1. The van der Waals surface area contributed by atoms with E-state index < -0.39 is 0 Å². The van der Waals surface area contributed by atoms with E-state index in [1.165, 1.54) is 18.4 Å². The van der Waals surface area contributed by atoms with E-state index in [2.05, 4.69) is 29.6 Å². The largest absolute Gasteiger partial charge is 0.380 e. The van der Waals surface area contributed by atoms with E-state index in [9.17, 15) is 0 Å². The van der Waals surface area contributed by atoms with E-state index in [0.29, 0.717) is 6.04 Å². The van der Waals surface area contributed by atoms with Crippen LogP contribution in [-0.4, -0.2) is 19.3 Å². The average molecular weight is 217 g/mol. The molecule has 2 nitrogen and oxygen atoms in total. The lowest BCUT2D eigenvalue weighted by atomic mass is 10.0. The topological polar surface area (TPSA) is 21.3 Å². The van der Waals surface area contributed by atoms with Gasteiger partial charge < -0.3 is 10.1 Å². The molecule has 0 amide bonds. The Morgan fingerprint density at radius 2 is 2.06 bits per heavy atom. The molecule has 0 spiro atoms. The summed E-state index contributed by atoms with van der Waals surface area (Å²) in [6.07, 6.45) is 3.92. The van der Waals surface area contributed by atoms with Crippen molar-refractivity contribution in [3.05, 3.63) is 35.4 Å². The van der Waals surface area contributed by atoms with Crippen LogP contribution >= 0.6 is 0 Å². The second-order valence-corrected chi connectivity index (χ2v) is 4.91. The number of hydrogen-bond acceptors (Lipinski definition) is 2. The molecular weight excluding hydrogens is 198 g/mol. The highest BCUT2D eigenvalue weighted by atomic mass is 16.5. The Kier molecular flexibility index (Phi) is 2.94. The van der Waals surface area contributed by atoms with Gasteiger partial charge in [-0.25, -0.2) is 0 Å². The van der Waals surface area contributed by atoms with Crippen LogP contribution in [0.1, 0.15) is 36.3 Å². The van der Waals surface area contributed by atoms with Gasteiger partial charge in [0.15, 0.2) is 0 Å². The molecule has 1 saturated carbocycles. The second kappa shape index (κ2) is 4.56. The van der Waals surface area contributed by atoms with E-state index >= 15 is 0 Å². The Hall–Kier alpha value is -0.860. The molecule has 1 aromatic carbocycles. The normalized spacial score (nSPS) is 24.9. The highest BCUT2D eigenvalue weighted by Gasteiger charge is 2.25. The summed E-state index contributed by atoms with van der Waals surface area (Å²) < 4.78 is 5.37. The van der Waals surface area contributed by atoms with E-state index in [1.54, 1.807) is 5.56 Å². The minimum Gasteiger partial charge on any atom is -0.380 e. The molecule has 2 heteroatoms. The van der Waals surface area contributed by atoms with Crippen LogP contribution in [0.2, 0.25) is 0 Å². The molecule has 0 aromatic heterocycles. The lowest BCUT2D eigenvalue weighted by Crippen LogP contribution is -2.28. The van der Waals surface area contributed by atoms with E-state index in [-0.39, 0.29) is 0 Å². The molecular formula is C14H19NO. The molecule has 86 valence electrons. The van der Waals surface area contributed by atoms with Gasteiger partial charge in [-0.05, 0) is 36.3 Å². The minimum absolute atomic E-state index is 0.562. The Balaban J connectivity index is 1.64. The maximum absolute atomic E-state index is 5.37. The number of benzene rings is 1. The summed E-state index contributed by atoms with van der Waals surface area (Å²) in [6, 6.07) is 9.42. The van der Waals surface area contributed by atoms with Crippen LogP contribution < -0.4 is 5.32 Å². The Morgan fingerprint density at radius 3 is 2.81 bits per heavy atom. The number of ether oxygens (including phenoxy) is 1. The van der Waals surface area contributed by atoms with Crippen molar-refractivity contribution in [1.82, 2.24) is 5.32 Å². The summed E-state index contributed by atoms with van der Waals surface area (Å²) in [5.41, 5.74) is 3.05. The molecule has 1 atom stereocenters. The zero-order valence-electron chi connectivity index (χ0n) is 9.61. The summed E-state index contributed by atoms with van der Waals surface area (Å²) in [4.78, 5) is 0. The highest BCUT2D eigenvalue weighted by molar-refractivity contribution is 5.33. The van der Waals surface area contributed by atoms with Gasteiger partial charge >= 0.3 is 0 Å². The number of nitrogens with one attached hydrogen (secondary N) is 1. The first kappa shape index (κ1) is 10.3. The summed E-state index contributed by atoms with van der Waals surface area (Å²) in [6.45, 7) is 2.80. The van der Waals surface area contributed by atoms with Crippen LogP contribution in [0.25, 0.3) is 0 Å². The predicted octanol–water partition coefficient (Wildman–Crippen LogP) is 2.44. The Bertz CT molecular complexity index is 354. The van der Waals surface area contributed by atoms with Crippen LogP contribution in [0.15, 0.2) is 24.3 Å². The molecule has 2 aliphatic rings. The van der Waals surface area contributed by atoms with Gasteiger partial charge in [-0.1, -0.05) is 24.3 Å². The molecule has 1 aromatic rings. The van der Waals surface area contributed by atoms with Gasteiger partial charge in [0, 0.05) is 19.2 Å². The fourth-order valence-electron chi connectivity index (χ4n) is 2.44. The first-order valence-electron chi connectivity index (χ1n) is 6.32. The standard InChI is InChI=1S/C14H19NO/c1-2-4-14(11-5-6-11)12(3-1)9-15-13-7-8-16-10-13/h1-4,11,13,15H,5-10H2. The maximum Gasteiger partial charge on any atom is 0.0620 e. The summed E-state index contributed by atoms with van der Waals surface area (Å²) >= 11 is 0. The van der Waals surface area contributed by atoms with Gasteiger partial charge in [0.1, 0.15) is 0 Å². The summed E-state index contributed by atoms with van der Waals surface area (Å²) in [5.74, 6) is 0.845. The van der Waals surface area contributed by atoms with Crippen molar-refractivity contribution in [2.24, 2.45) is 0 Å². The van der Waals surface area contributed by atoms with Crippen molar-refractivity contribution in [2.75, 3.05) is 13.2 Å². The van der Waals surface area contributed by atoms with Crippen molar-refractivity contribution in [1.29, 1.82) is 0 Å². The maximum atomic E-state index is 5.37. The van der Waals surface area contributed by atoms with Crippen LogP contribution in [0.3, 0.4) is 0 Å². The minimum atomic E-state index is 0.562. The van der Waals surface area contributed by atoms with E-state index in [4.69, 9.17) is 4.74 Å². The molecule has 2 fully saturated rings. The zero-order valence-corrected chi connectivity index (χ0v) is 9.61. The molecule has 1 unspecified atom stereocenters. The molecule has 1 aliphatic heterocycles. The van der Waals surface area contributed by atoms with E-state index in [1.807, 2.05) is 0 Å². The molecule has 1 heterocycles. The molecule has 1 saturated heterocycles. The Labute approximate surface area is 97.0 Å². The lowest BCUT2D eigenvalue weighted by Gasteiger charge is -2.13. The summed E-state index contributed by atoms with van der Waals surface area (Å²) in [5, 5.41) is 3.60. The molecule has 1 N–H and O–H groups in total. The fourth-order valence-corrected chi connectivity index (χ4v) is 2.44. The van der Waals surface area contributed by atoms with Crippen molar-refractivity contribution < 1.29 is 4.74 Å². The smallest absolute Gasteiger partial charge is 0.0620 e. The van der Waals surface area contributed by atoms with Crippen molar-refractivity contribution in [2.45, 2.75) is 37.8 Å². The first-order valence-corrected chi connectivity index (χ1v) is 6.32. The van der Waals surface area contributed by atoms with Crippen LogP contribution in [0, 0.1) is 0 Å². The third kappa shape index (κ3) is 2.28. The second-order valence-electron chi connectivity index (χ2n) is 4.91. The average Bonchev–Trinajstić information content (AvgIpc) is 3.04. The zero-order chi connectivity index (χ0) is 10.8. The quantitative estimate of drug-likeness (QED) is 0.836. The summed E-state index contributed by atoms with van der Waals surface area (Å²) in [7, 11) is 0. The van der Waals surface area contributed by atoms with Crippen molar-refractivity contribution in [3.8, 4) is 0 Å². The molecule has 16 heavy (non-hydrogen) atoms. The third-order valence-electron chi connectivity index (χ3n) is 3.58. The van der Waals surface area contributed by atoms with Crippen molar-refractivity contribution in [3.63, 3.8) is 0 Å². The molecule has 0 radical (unpaired) electrons. The molecule has 3 rings (SSSR count). The molecule has 1 aliphatic carbocycles. The van der Waals surface area contributed by atoms with Gasteiger partial charge in [0.25, 0.3) is 0 Å². The Morgan fingerprint density at radius 1 is 1.19 bits per heavy atom. The van der Waals surface area contributed by atoms with E-state index in [0.717, 1.165) is 32.1 Å². The fraction of sp³-hybridized carbons (Fsp3) is 0.571. The highest BCUT2D eigenvalue weighted by Crippen LogP contribution is 2.41. The third-order valence-corrected chi connectivity index (χ3v) is 3.58. The van der Waals surface area contributed by atoms with Gasteiger partial charge in [0.05, 0.1) is 6.61 Å². The SMILES string of the molecule is c1ccc(C2CC2)c(CNC2CCOC2)c1. The molecule has 0 bridgehead atoms. The van der Waals surface area contributed by atoms with Gasteiger partial charge in [-0.2, -0.15) is 0 Å².